The summed E-state index contributed by atoms with van der Waals surface area (Å²) in [5.41, 5.74) is 4.33. The third kappa shape index (κ3) is 4.12. The summed E-state index contributed by atoms with van der Waals surface area (Å²) in [7, 11) is 0. The summed E-state index contributed by atoms with van der Waals surface area (Å²) in [5, 5.41) is 1.89. The number of benzene rings is 4. The van der Waals surface area contributed by atoms with Gasteiger partial charge in [0.2, 0.25) is 0 Å². The van der Waals surface area contributed by atoms with Crippen LogP contribution in [0.15, 0.2) is 72.8 Å². The van der Waals surface area contributed by atoms with E-state index in [2.05, 4.69) is 9.97 Å². The van der Waals surface area contributed by atoms with Crippen LogP contribution in [0.1, 0.15) is 0 Å². The third-order valence-electron chi connectivity index (χ3n) is 5.66. The molecule has 12 heteroatoms. The van der Waals surface area contributed by atoms with E-state index in [1.165, 1.54) is 0 Å². The largest absolute Gasteiger partial charge is 0.380 e. The van der Waals surface area contributed by atoms with Crippen molar-refractivity contribution in [3.63, 3.8) is 0 Å². The molecule has 0 aliphatic carbocycles. The summed E-state index contributed by atoms with van der Waals surface area (Å²) >= 11 is -4.85. The fraction of sp³-hybridized carbons (Fsp3) is 0. The van der Waals surface area contributed by atoms with Gasteiger partial charge in [-0.1, -0.05) is 36.4 Å². The molecule has 0 spiro atoms. The van der Waals surface area contributed by atoms with Crippen molar-refractivity contribution in [1.29, 1.82) is 0 Å². The third-order valence-corrected chi connectivity index (χ3v) is 6.33. The van der Waals surface area contributed by atoms with Gasteiger partial charge in [0.1, 0.15) is 23.1 Å². The highest BCUT2D eigenvalue weighted by Gasteiger charge is 2.16. The van der Waals surface area contributed by atoms with Crippen LogP contribution in [0.3, 0.4) is 0 Å². The minimum atomic E-state index is -2.42. The standard InChI is InChI=1S/C24H16N4O6S2/c29-35(30)33-14-7-9-18-20(11-14)27-23(25-18)16-5-1-3-13-4-2-6-17(22(13)16)24-26-19-10-8-15(34-36(31)32)12-21(19)28-24/h1-12H,(H,25,27)(H,26,28)(H,29,30)(H,31,32). The average Bonchev–Trinajstić information content (AvgIpc) is 3.46. The van der Waals surface area contributed by atoms with Crippen molar-refractivity contribution in [3.8, 4) is 34.3 Å². The molecule has 0 saturated heterocycles. The lowest BCUT2D eigenvalue weighted by Gasteiger charge is -2.09. The normalized spacial score (nSPS) is 13.3. The van der Waals surface area contributed by atoms with E-state index >= 15 is 0 Å². The summed E-state index contributed by atoms with van der Waals surface area (Å²) in [5.74, 6) is 1.71. The number of nitrogens with one attached hydrogen (secondary N) is 2. The molecular formula is C24H16N4O6S2. The summed E-state index contributed by atoms with van der Waals surface area (Å²) < 4.78 is 49.8. The maximum Gasteiger partial charge on any atom is 0.357 e. The van der Waals surface area contributed by atoms with Gasteiger partial charge in [0.15, 0.2) is 0 Å². The van der Waals surface area contributed by atoms with Crippen molar-refractivity contribution in [3.05, 3.63) is 72.8 Å². The fourth-order valence-corrected chi connectivity index (χ4v) is 4.77. The lowest BCUT2D eigenvalue weighted by atomic mass is 9.98. The maximum absolute atomic E-state index is 11.0. The van der Waals surface area contributed by atoms with E-state index < -0.39 is 22.7 Å². The topological polar surface area (TPSA) is 150 Å². The quantitative estimate of drug-likeness (QED) is 0.225. The van der Waals surface area contributed by atoms with Crippen LogP contribution in [0.4, 0.5) is 0 Å². The smallest absolute Gasteiger partial charge is 0.357 e. The number of imidazole rings is 2. The van der Waals surface area contributed by atoms with Crippen LogP contribution in [-0.4, -0.2) is 37.5 Å². The predicted molar refractivity (Wildman–Crippen MR) is 137 cm³/mol. The highest BCUT2D eigenvalue weighted by Crippen LogP contribution is 2.36. The Morgan fingerprint density at radius 2 is 1.14 bits per heavy atom. The molecule has 10 nitrogen and oxygen atoms in total. The Bertz CT molecular complexity index is 1700. The number of hydrogen-bond acceptors (Lipinski definition) is 6. The predicted octanol–water partition coefficient (Wildman–Crippen LogP) is 4.96. The minimum absolute atomic E-state index is 0.243. The molecule has 0 aliphatic rings. The number of hydrogen-bond donors (Lipinski definition) is 4. The van der Waals surface area contributed by atoms with Gasteiger partial charge in [-0.15, -0.1) is 0 Å². The number of fused-ring (bicyclic) bond motifs is 3. The first-order valence-electron chi connectivity index (χ1n) is 10.5. The van der Waals surface area contributed by atoms with E-state index in [0.29, 0.717) is 33.7 Å². The van der Waals surface area contributed by atoms with Crippen LogP contribution in [0.2, 0.25) is 0 Å². The SMILES string of the molecule is O=S(O)Oc1ccc2nc(-c3cccc4cccc(-c5nc6ccc(OS(=O)O)cc6[nH]5)c34)[nH]c2c1. The van der Waals surface area contributed by atoms with Crippen LogP contribution >= 0.6 is 0 Å². The molecule has 0 aliphatic heterocycles. The van der Waals surface area contributed by atoms with Crippen LogP contribution < -0.4 is 8.37 Å². The van der Waals surface area contributed by atoms with Crippen molar-refractivity contribution in [1.82, 2.24) is 19.9 Å². The van der Waals surface area contributed by atoms with Gasteiger partial charge in [-0.3, -0.25) is 9.11 Å². The van der Waals surface area contributed by atoms with Crippen LogP contribution in [0, 0.1) is 0 Å². The molecule has 6 rings (SSSR count). The summed E-state index contributed by atoms with van der Waals surface area (Å²) in [6, 6.07) is 21.6. The summed E-state index contributed by atoms with van der Waals surface area (Å²) in [6.45, 7) is 0. The van der Waals surface area contributed by atoms with Crippen molar-refractivity contribution in [2.45, 2.75) is 0 Å². The lowest BCUT2D eigenvalue weighted by Crippen LogP contribution is -1.96. The fourth-order valence-electron chi connectivity index (χ4n) is 4.24. The molecule has 180 valence electrons. The van der Waals surface area contributed by atoms with Crippen LogP contribution in [0.25, 0.3) is 55.6 Å². The van der Waals surface area contributed by atoms with Gasteiger partial charge in [0.25, 0.3) is 0 Å². The Kier molecular flexibility index (Phi) is 5.49. The zero-order valence-corrected chi connectivity index (χ0v) is 19.8. The van der Waals surface area contributed by atoms with E-state index in [-0.39, 0.29) is 11.5 Å². The summed E-state index contributed by atoms with van der Waals surface area (Å²) in [6.07, 6.45) is 0. The Morgan fingerprint density at radius 3 is 1.58 bits per heavy atom. The molecule has 0 amide bonds. The van der Waals surface area contributed by atoms with E-state index in [9.17, 15) is 8.42 Å². The van der Waals surface area contributed by atoms with Gasteiger partial charge < -0.3 is 18.3 Å². The van der Waals surface area contributed by atoms with Crippen molar-refractivity contribution < 1.29 is 25.9 Å². The Morgan fingerprint density at radius 1 is 0.667 bits per heavy atom. The molecule has 2 heterocycles. The van der Waals surface area contributed by atoms with Gasteiger partial charge in [0.05, 0.1) is 22.1 Å². The van der Waals surface area contributed by atoms with E-state index in [4.69, 9.17) is 27.4 Å². The Hall–Kier alpha value is -4.10. The minimum Gasteiger partial charge on any atom is -0.380 e. The van der Waals surface area contributed by atoms with Gasteiger partial charge in [-0.05, 0) is 29.7 Å². The van der Waals surface area contributed by atoms with E-state index in [1.54, 1.807) is 36.4 Å². The highest BCUT2D eigenvalue weighted by atomic mass is 32.2. The maximum atomic E-state index is 11.0. The van der Waals surface area contributed by atoms with Crippen LogP contribution in [-0.2, 0) is 22.7 Å². The second-order valence-corrected chi connectivity index (χ2v) is 9.04. The molecule has 36 heavy (non-hydrogen) atoms. The number of H-pyrrole nitrogens is 2. The molecule has 2 unspecified atom stereocenters. The van der Waals surface area contributed by atoms with Crippen molar-refractivity contribution in [2.75, 3.05) is 0 Å². The van der Waals surface area contributed by atoms with Gasteiger partial charge in [-0.2, -0.15) is 8.42 Å². The molecule has 6 aromatic rings. The second kappa shape index (κ2) is 8.84. The first kappa shape index (κ1) is 22.4. The monoisotopic (exact) mass is 520 g/mol. The zero-order valence-electron chi connectivity index (χ0n) is 18.2. The molecule has 0 radical (unpaired) electrons. The second-order valence-electron chi connectivity index (χ2n) is 7.84. The average molecular weight is 521 g/mol. The molecule has 0 saturated carbocycles. The highest BCUT2D eigenvalue weighted by molar-refractivity contribution is 7.74. The molecule has 2 aromatic heterocycles. The first-order chi connectivity index (χ1) is 17.4. The molecule has 0 bridgehead atoms. The van der Waals surface area contributed by atoms with E-state index in [0.717, 1.165) is 21.9 Å². The van der Waals surface area contributed by atoms with E-state index in [1.807, 2.05) is 36.4 Å². The number of aromatic nitrogens is 4. The van der Waals surface area contributed by atoms with Gasteiger partial charge in [-0.25, -0.2) is 9.97 Å². The molecule has 4 N–H and O–H groups in total. The molecule has 0 fully saturated rings. The van der Waals surface area contributed by atoms with Crippen molar-refractivity contribution >= 4 is 55.6 Å². The van der Waals surface area contributed by atoms with Crippen molar-refractivity contribution in [2.24, 2.45) is 0 Å². The summed E-state index contributed by atoms with van der Waals surface area (Å²) in [4.78, 5) is 16.0. The number of nitrogens with zero attached hydrogens (tertiary/aromatic N) is 2. The Balaban J connectivity index is 1.50. The van der Waals surface area contributed by atoms with Gasteiger partial charge in [0, 0.05) is 28.6 Å². The lowest BCUT2D eigenvalue weighted by molar-refractivity contribution is 0.456. The molecule has 2 atom stereocenters. The van der Waals surface area contributed by atoms with Gasteiger partial charge >= 0.3 is 22.7 Å². The number of rotatable bonds is 6. The first-order valence-corrected chi connectivity index (χ1v) is 12.6. The Labute approximate surface area is 208 Å². The molecule has 4 aromatic carbocycles. The zero-order chi connectivity index (χ0) is 24.8. The number of aromatic amines is 2. The molecular weight excluding hydrogens is 504 g/mol. The van der Waals surface area contributed by atoms with Crippen LogP contribution in [0.5, 0.6) is 11.5 Å².